The maximum atomic E-state index is 11.8. The molecule has 0 spiro atoms. The summed E-state index contributed by atoms with van der Waals surface area (Å²) in [4.78, 5) is 21.9. The van der Waals surface area contributed by atoms with Crippen molar-refractivity contribution in [1.29, 1.82) is 0 Å². The molecule has 6 nitrogen and oxygen atoms in total. The van der Waals surface area contributed by atoms with Crippen LogP contribution in [0.4, 0.5) is 11.4 Å². The zero-order valence-corrected chi connectivity index (χ0v) is 10.2. The predicted octanol–water partition coefficient (Wildman–Crippen LogP) is 1.97. The number of benzene rings is 1. The summed E-state index contributed by atoms with van der Waals surface area (Å²) in [6, 6.07) is 2.48. The molecule has 1 aliphatic rings. The molecule has 0 bridgehead atoms. The molecular weight excluding hydrogens is 258 g/mol. The number of nitrogens with one attached hydrogen (secondary N) is 1. The molecule has 0 aromatic heterocycles. The van der Waals surface area contributed by atoms with Gasteiger partial charge in [0, 0.05) is 18.2 Å². The smallest absolute Gasteiger partial charge is 0.294 e. The lowest BCUT2D eigenvalue weighted by molar-refractivity contribution is -0.383. The molecule has 1 aromatic carbocycles. The fraction of sp³-hybridized carbons (Fsp3) is 0.364. The first-order valence-electron chi connectivity index (χ1n) is 5.50. The minimum atomic E-state index is -0.654. The van der Waals surface area contributed by atoms with E-state index in [1.165, 1.54) is 6.07 Å². The second kappa shape index (κ2) is 4.81. The van der Waals surface area contributed by atoms with Crippen molar-refractivity contribution < 1.29 is 9.72 Å². The maximum absolute atomic E-state index is 11.8. The van der Waals surface area contributed by atoms with Crippen LogP contribution in [0.25, 0.3) is 0 Å². The van der Waals surface area contributed by atoms with Gasteiger partial charge in [0.05, 0.1) is 9.95 Å². The number of nitro benzene ring substituents is 1. The monoisotopic (exact) mass is 269 g/mol. The molecule has 0 unspecified atom stereocenters. The molecule has 1 saturated carbocycles. The summed E-state index contributed by atoms with van der Waals surface area (Å²) in [6.07, 6.45) is 2.23. The number of halogens is 1. The van der Waals surface area contributed by atoms with Crippen LogP contribution in [0.3, 0.4) is 0 Å². The Labute approximate surface area is 108 Å². The Kier molecular flexibility index (Phi) is 3.38. The van der Waals surface area contributed by atoms with E-state index < -0.39 is 4.92 Å². The highest BCUT2D eigenvalue weighted by molar-refractivity contribution is 6.34. The molecule has 18 heavy (non-hydrogen) atoms. The Bertz CT molecular complexity index is 515. The average Bonchev–Trinajstić information content (AvgIpc) is 3.12. The molecule has 7 heteroatoms. The van der Waals surface area contributed by atoms with Crippen molar-refractivity contribution in [3.05, 3.63) is 32.8 Å². The van der Waals surface area contributed by atoms with Gasteiger partial charge in [-0.1, -0.05) is 11.6 Å². The number of hydrogen-bond acceptors (Lipinski definition) is 4. The number of rotatable bonds is 4. The molecule has 2 rings (SSSR count). The normalized spacial score (nSPS) is 14.3. The van der Waals surface area contributed by atoms with Gasteiger partial charge in [-0.25, -0.2) is 0 Å². The van der Waals surface area contributed by atoms with Gasteiger partial charge in [0.25, 0.3) is 11.6 Å². The van der Waals surface area contributed by atoms with Crippen molar-refractivity contribution in [1.82, 2.24) is 5.32 Å². The molecule has 3 N–H and O–H groups in total. The van der Waals surface area contributed by atoms with Gasteiger partial charge >= 0.3 is 0 Å². The second-order valence-electron chi connectivity index (χ2n) is 4.30. The third-order valence-corrected chi connectivity index (χ3v) is 3.13. The number of nitrogens with zero attached hydrogens (tertiary/aromatic N) is 1. The van der Waals surface area contributed by atoms with Crippen molar-refractivity contribution in [3.63, 3.8) is 0 Å². The van der Waals surface area contributed by atoms with Crippen molar-refractivity contribution in [3.8, 4) is 0 Å². The molecule has 1 fully saturated rings. The number of anilines is 1. The van der Waals surface area contributed by atoms with Gasteiger partial charge in [-0.3, -0.25) is 14.9 Å². The van der Waals surface area contributed by atoms with Crippen molar-refractivity contribution in [2.24, 2.45) is 5.92 Å². The summed E-state index contributed by atoms with van der Waals surface area (Å²) in [5, 5.41) is 13.5. The average molecular weight is 270 g/mol. The number of nitrogens with two attached hydrogens (primary N) is 1. The number of amides is 1. The lowest BCUT2D eigenvalue weighted by Gasteiger charge is -2.06. The predicted molar refractivity (Wildman–Crippen MR) is 67.6 cm³/mol. The number of carbonyl (C=O) groups is 1. The number of hydrogen-bond donors (Lipinski definition) is 2. The molecule has 0 aliphatic heterocycles. The highest BCUT2D eigenvalue weighted by Crippen LogP contribution is 2.31. The van der Waals surface area contributed by atoms with Crippen LogP contribution in [0.5, 0.6) is 0 Å². The summed E-state index contributed by atoms with van der Waals surface area (Å²) < 4.78 is 0. The Morgan fingerprint density at radius 1 is 1.56 bits per heavy atom. The van der Waals surface area contributed by atoms with Gasteiger partial charge in [0.2, 0.25) is 0 Å². The number of carbonyl (C=O) groups excluding carboxylic acids is 1. The topological polar surface area (TPSA) is 98.3 Å². The maximum Gasteiger partial charge on any atom is 0.294 e. The molecule has 0 heterocycles. The van der Waals surface area contributed by atoms with E-state index in [2.05, 4.69) is 5.32 Å². The molecule has 0 saturated heterocycles. The largest absolute Gasteiger partial charge is 0.392 e. The summed E-state index contributed by atoms with van der Waals surface area (Å²) >= 11 is 5.77. The zero-order chi connectivity index (χ0) is 13.3. The minimum absolute atomic E-state index is 0.0146. The first-order chi connectivity index (χ1) is 8.49. The first-order valence-corrected chi connectivity index (χ1v) is 5.88. The number of nitro groups is 1. The van der Waals surface area contributed by atoms with Crippen LogP contribution in [0.2, 0.25) is 5.02 Å². The van der Waals surface area contributed by atoms with Crippen LogP contribution in [0, 0.1) is 16.0 Å². The molecule has 0 atom stereocenters. The lowest BCUT2D eigenvalue weighted by Crippen LogP contribution is -2.25. The molecule has 96 valence electrons. The Morgan fingerprint density at radius 3 is 2.78 bits per heavy atom. The minimum Gasteiger partial charge on any atom is -0.392 e. The van der Waals surface area contributed by atoms with Gasteiger partial charge in [0.15, 0.2) is 0 Å². The van der Waals surface area contributed by atoms with Crippen LogP contribution in [-0.4, -0.2) is 17.4 Å². The Hall–Kier alpha value is -1.82. The summed E-state index contributed by atoms with van der Waals surface area (Å²) in [5.74, 6) is 0.167. The van der Waals surface area contributed by atoms with Crippen LogP contribution < -0.4 is 11.1 Å². The van der Waals surface area contributed by atoms with Gasteiger partial charge in [0.1, 0.15) is 5.69 Å². The molecule has 1 amide bonds. The van der Waals surface area contributed by atoms with E-state index in [0.29, 0.717) is 12.5 Å². The third kappa shape index (κ3) is 2.70. The third-order valence-electron chi connectivity index (χ3n) is 2.81. The molecule has 0 radical (unpaired) electrons. The van der Waals surface area contributed by atoms with Crippen molar-refractivity contribution >= 4 is 28.9 Å². The van der Waals surface area contributed by atoms with Crippen LogP contribution in [0.15, 0.2) is 12.1 Å². The zero-order valence-electron chi connectivity index (χ0n) is 9.48. The van der Waals surface area contributed by atoms with E-state index in [0.717, 1.165) is 18.9 Å². The SMILES string of the molecule is Nc1c(Cl)cc(C(=O)NCC2CC2)cc1[N+](=O)[O-]. The quantitative estimate of drug-likeness (QED) is 0.496. The van der Waals surface area contributed by atoms with Gasteiger partial charge in [-0.05, 0) is 24.8 Å². The molecular formula is C11H12ClN3O3. The molecule has 1 aliphatic carbocycles. The first kappa shape index (κ1) is 12.6. The van der Waals surface area contributed by atoms with Crippen molar-refractivity contribution in [2.45, 2.75) is 12.8 Å². The number of nitrogen functional groups attached to an aromatic ring is 1. The Morgan fingerprint density at radius 2 is 2.22 bits per heavy atom. The van der Waals surface area contributed by atoms with Gasteiger partial charge in [-0.2, -0.15) is 0 Å². The van der Waals surface area contributed by atoms with E-state index in [-0.39, 0.29) is 27.9 Å². The van der Waals surface area contributed by atoms with Crippen LogP contribution in [0.1, 0.15) is 23.2 Å². The van der Waals surface area contributed by atoms with E-state index in [4.69, 9.17) is 17.3 Å². The fourth-order valence-electron chi connectivity index (χ4n) is 1.55. The highest BCUT2D eigenvalue weighted by atomic mass is 35.5. The second-order valence-corrected chi connectivity index (χ2v) is 4.71. The van der Waals surface area contributed by atoms with E-state index >= 15 is 0 Å². The standard InChI is InChI=1S/C11H12ClN3O3/c12-8-3-7(4-9(10(8)13)15(17)18)11(16)14-5-6-1-2-6/h3-4,6H,1-2,5,13H2,(H,14,16). The van der Waals surface area contributed by atoms with E-state index in [9.17, 15) is 14.9 Å². The fourth-order valence-corrected chi connectivity index (χ4v) is 1.76. The van der Waals surface area contributed by atoms with E-state index in [1.54, 1.807) is 0 Å². The highest BCUT2D eigenvalue weighted by Gasteiger charge is 2.23. The Balaban J connectivity index is 2.21. The molecule has 1 aromatic rings. The van der Waals surface area contributed by atoms with Gasteiger partial charge in [-0.15, -0.1) is 0 Å². The lowest BCUT2D eigenvalue weighted by atomic mass is 10.1. The van der Waals surface area contributed by atoms with Crippen LogP contribution >= 0.6 is 11.6 Å². The van der Waals surface area contributed by atoms with Crippen LogP contribution in [-0.2, 0) is 0 Å². The van der Waals surface area contributed by atoms with Gasteiger partial charge < -0.3 is 11.1 Å². The summed E-state index contributed by atoms with van der Waals surface area (Å²) in [5.41, 5.74) is 5.16. The summed E-state index contributed by atoms with van der Waals surface area (Å²) in [6.45, 7) is 0.592. The van der Waals surface area contributed by atoms with Crippen molar-refractivity contribution in [2.75, 3.05) is 12.3 Å². The summed E-state index contributed by atoms with van der Waals surface area (Å²) in [7, 11) is 0. The van der Waals surface area contributed by atoms with E-state index in [1.807, 2.05) is 0 Å².